The maximum Gasteiger partial charge on any atom is 0.373 e. The zero-order valence-corrected chi connectivity index (χ0v) is 11.5. The average molecular weight is 261 g/mol. The molecule has 1 rings (SSSR count). The highest BCUT2D eigenvalue weighted by Crippen LogP contribution is 2.13. The summed E-state index contributed by atoms with van der Waals surface area (Å²) in [4.78, 5) is 19.8. The van der Waals surface area contributed by atoms with Crippen molar-refractivity contribution < 1.29 is 14.6 Å². The van der Waals surface area contributed by atoms with Gasteiger partial charge in [-0.15, -0.1) is 13.2 Å². The molecular formula is C14H17O3Si. The van der Waals surface area contributed by atoms with Crippen molar-refractivity contribution in [3.63, 3.8) is 0 Å². The molecule has 0 atom stereocenters. The maximum absolute atomic E-state index is 11.4. The highest BCUT2D eigenvalue weighted by Gasteiger charge is 2.26. The van der Waals surface area contributed by atoms with Crippen LogP contribution in [0.2, 0.25) is 6.04 Å². The fraction of sp³-hybridized carbons (Fsp3) is 0.143. The first-order chi connectivity index (χ1) is 8.63. The van der Waals surface area contributed by atoms with Gasteiger partial charge < -0.3 is 0 Å². The Morgan fingerprint density at radius 3 is 2.22 bits per heavy atom. The third kappa shape index (κ3) is 2.78. The molecule has 0 heterocycles. The minimum Gasteiger partial charge on any atom is -0.293 e. The van der Waals surface area contributed by atoms with Gasteiger partial charge in [-0.3, -0.25) is 4.89 Å². The lowest BCUT2D eigenvalue weighted by atomic mass is 10.2. The van der Waals surface area contributed by atoms with Gasteiger partial charge in [-0.2, -0.15) is 4.89 Å². The molecule has 1 aromatic carbocycles. The van der Waals surface area contributed by atoms with Gasteiger partial charge in [-0.25, -0.2) is 4.79 Å². The summed E-state index contributed by atoms with van der Waals surface area (Å²) < 4.78 is 0. The Bertz CT molecular complexity index is 429. The van der Waals surface area contributed by atoms with Crippen molar-refractivity contribution >= 4 is 19.2 Å². The Morgan fingerprint density at radius 1 is 1.28 bits per heavy atom. The fourth-order valence-corrected chi connectivity index (χ4v) is 4.24. The molecule has 0 aliphatic heterocycles. The Kier molecular flexibility index (Phi) is 5.06. The molecular weight excluding hydrogens is 244 g/mol. The molecule has 4 heteroatoms. The van der Waals surface area contributed by atoms with E-state index in [9.17, 15) is 4.79 Å². The summed E-state index contributed by atoms with van der Waals surface area (Å²) in [6.07, 6.45) is 0. The summed E-state index contributed by atoms with van der Waals surface area (Å²) in [6, 6.07) is 8.24. The first kappa shape index (κ1) is 14.4. The summed E-state index contributed by atoms with van der Waals surface area (Å²) in [5.41, 5.74) is 4.41. The molecule has 1 radical (unpaired) electrons. The standard InChI is InChI=1S/C14H17O3Si/c1-5-18(6-2,7-3)13-10-8-12(9-11-13)14(15)17-16-4/h5-6,8-11H,1-2,4,7H2,3H3. The lowest BCUT2D eigenvalue weighted by molar-refractivity contribution is -0.195. The predicted molar refractivity (Wildman–Crippen MR) is 74.6 cm³/mol. The molecule has 0 saturated heterocycles. The van der Waals surface area contributed by atoms with Crippen LogP contribution in [0.5, 0.6) is 0 Å². The van der Waals surface area contributed by atoms with E-state index in [1.165, 1.54) is 5.19 Å². The van der Waals surface area contributed by atoms with E-state index in [1.807, 2.05) is 23.5 Å². The third-order valence-electron chi connectivity index (χ3n) is 3.11. The quantitative estimate of drug-likeness (QED) is 0.449. The molecule has 0 amide bonds. The Morgan fingerprint density at radius 2 is 1.83 bits per heavy atom. The number of rotatable bonds is 6. The molecule has 1 aromatic rings. The molecule has 18 heavy (non-hydrogen) atoms. The molecule has 0 spiro atoms. The van der Waals surface area contributed by atoms with Gasteiger partial charge in [-0.05, 0) is 18.2 Å². The van der Waals surface area contributed by atoms with Crippen molar-refractivity contribution in [3.05, 3.63) is 61.5 Å². The Balaban J connectivity index is 3.05. The van der Waals surface area contributed by atoms with E-state index in [4.69, 9.17) is 0 Å². The molecule has 0 aliphatic rings. The Hall–Kier alpha value is -1.65. The van der Waals surface area contributed by atoms with Crippen LogP contribution in [0.4, 0.5) is 0 Å². The van der Waals surface area contributed by atoms with Gasteiger partial charge in [0.1, 0.15) is 15.2 Å². The van der Waals surface area contributed by atoms with Crippen molar-refractivity contribution in [1.82, 2.24) is 0 Å². The van der Waals surface area contributed by atoms with Crippen LogP contribution in [0, 0.1) is 7.11 Å². The van der Waals surface area contributed by atoms with Gasteiger partial charge in [0.25, 0.3) is 0 Å². The number of carbonyl (C=O) groups is 1. The summed E-state index contributed by atoms with van der Waals surface area (Å²) in [5.74, 6) is -0.558. The van der Waals surface area contributed by atoms with Gasteiger partial charge in [-0.1, -0.05) is 35.6 Å². The maximum atomic E-state index is 11.4. The van der Waals surface area contributed by atoms with Crippen LogP contribution in [0.25, 0.3) is 0 Å². The van der Waals surface area contributed by atoms with Crippen LogP contribution < -0.4 is 5.19 Å². The summed E-state index contributed by atoms with van der Waals surface area (Å²) >= 11 is 0. The van der Waals surface area contributed by atoms with E-state index in [2.05, 4.69) is 37.0 Å². The van der Waals surface area contributed by atoms with E-state index in [-0.39, 0.29) is 0 Å². The molecule has 3 nitrogen and oxygen atoms in total. The van der Waals surface area contributed by atoms with E-state index in [0.29, 0.717) is 5.56 Å². The zero-order chi connectivity index (χ0) is 13.6. The molecule has 95 valence electrons. The fourth-order valence-electron chi connectivity index (χ4n) is 1.83. The second-order valence-corrected chi connectivity index (χ2v) is 8.05. The van der Waals surface area contributed by atoms with E-state index >= 15 is 0 Å². The van der Waals surface area contributed by atoms with Gasteiger partial charge in [0.2, 0.25) is 0 Å². The second kappa shape index (κ2) is 6.33. The van der Waals surface area contributed by atoms with Crippen LogP contribution in [-0.4, -0.2) is 14.0 Å². The first-order valence-corrected chi connectivity index (χ1v) is 8.00. The minimum atomic E-state index is -1.84. The van der Waals surface area contributed by atoms with Gasteiger partial charge in [0.15, 0.2) is 0 Å². The van der Waals surface area contributed by atoms with Crippen LogP contribution in [0.3, 0.4) is 0 Å². The smallest absolute Gasteiger partial charge is 0.293 e. The number of benzene rings is 1. The van der Waals surface area contributed by atoms with Crippen molar-refractivity contribution in [2.45, 2.75) is 13.0 Å². The topological polar surface area (TPSA) is 35.5 Å². The Labute approximate surface area is 109 Å². The van der Waals surface area contributed by atoms with Crippen LogP contribution in [0.15, 0.2) is 48.8 Å². The molecule has 0 bridgehead atoms. The lowest BCUT2D eigenvalue weighted by Crippen LogP contribution is -2.43. The third-order valence-corrected chi connectivity index (χ3v) is 7.14. The average Bonchev–Trinajstić information content (AvgIpc) is 2.42. The van der Waals surface area contributed by atoms with E-state index in [1.54, 1.807) is 12.1 Å². The SMILES string of the molecule is [CH2]OOC(=O)c1ccc([Si](C=C)(C=C)CC)cc1. The van der Waals surface area contributed by atoms with Crippen molar-refractivity contribution in [1.29, 1.82) is 0 Å². The van der Waals surface area contributed by atoms with Crippen molar-refractivity contribution in [2.24, 2.45) is 0 Å². The predicted octanol–water partition coefficient (Wildman–Crippen LogP) is 2.69. The molecule has 0 aliphatic carbocycles. The second-order valence-electron chi connectivity index (χ2n) is 3.87. The number of hydrogen-bond acceptors (Lipinski definition) is 3. The van der Waals surface area contributed by atoms with Crippen LogP contribution in [0.1, 0.15) is 17.3 Å². The first-order valence-electron chi connectivity index (χ1n) is 5.64. The van der Waals surface area contributed by atoms with Gasteiger partial charge in [0.05, 0.1) is 5.56 Å². The molecule has 0 saturated carbocycles. The molecule has 0 unspecified atom stereocenters. The highest BCUT2D eigenvalue weighted by atomic mass is 28.3. The largest absolute Gasteiger partial charge is 0.373 e. The number of hydrogen-bond donors (Lipinski definition) is 0. The van der Waals surface area contributed by atoms with Crippen molar-refractivity contribution in [3.8, 4) is 0 Å². The van der Waals surface area contributed by atoms with Gasteiger partial charge in [0, 0.05) is 0 Å². The normalized spacial score (nSPS) is 10.8. The summed E-state index contributed by atoms with van der Waals surface area (Å²) in [6.45, 7) is 9.94. The molecule has 0 N–H and O–H groups in total. The number of carbonyl (C=O) groups excluding carboxylic acids is 1. The highest BCUT2D eigenvalue weighted by molar-refractivity contribution is 6.99. The minimum absolute atomic E-state index is 0.425. The van der Waals surface area contributed by atoms with Gasteiger partial charge >= 0.3 is 5.97 Å². The lowest BCUT2D eigenvalue weighted by Gasteiger charge is -2.23. The van der Waals surface area contributed by atoms with Crippen LogP contribution in [-0.2, 0) is 9.78 Å². The van der Waals surface area contributed by atoms with E-state index in [0.717, 1.165) is 6.04 Å². The monoisotopic (exact) mass is 261 g/mol. The summed E-state index contributed by atoms with van der Waals surface area (Å²) in [7, 11) is 1.15. The zero-order valence-electron chi connectivity index (χ0n) is 10.5. The molecule has 0 aromatic heterocycles. The van der Waals surface area contributed by atoms with Crippen LogP contribution >= 0.6 is 0 Å². The summed E-state index contributed by atoms with van der Waals surface area (Å²) in [5, 5.41) is 1.17. The molecule has 0 fully saturated rings. The van der Waals surface area contributed by atoms with Crippen molar-refractivity contribution in [2.75, 3.05) is 0 Å². The van der Waals surface area contributed by atoms with E-state index < -0.39 is 14.0 Å².